The molecule has 3 rings (SSSR count). The molecular weight excluding hydrogens is 336 g/mol. The maximum absolute atomic E-state index is 12.1. The monoisotopic (exact) mass is 346 g/mol. The van der Waals surface area contributed by atoms with E-state index in [0.29, 0.717) is 5.69 Å². The smallest absolute Gasteiger partial charge is 0.335 e. The Morgan fingerprint density at radius 3 is 2.57 bits per heavy atom. The normalized spacial score (nSPS) is 16.2. The van der Waals surface area contributed by atoms with E-state index in [4.69, 9.17) is 5.11 Å². The number of carboxylic acids is 1. The van der Waals surface area contributed by atoms with Crippen LogP contribution in [0.25, 0.3) is 0 Å². The molecule has 1 heterocycles. The number of fused-ring (bicyclic) bond motifs is 1. The molecule has 106 valence electrons. The topological polar surface area (TPSA) is 78.4 Å². The Morgan fingerprint density at radius 1 is 1.19 bits per heavy atom. The number of hydrogen-bond acceptors (Lipinski definition) is 3. The highest BCUT2D eigenvalue weighted by Crippen LogP contribution is 2.38. The molecule has 5 nitrogen and oxygen atoms in total. The lowest BCUT2D eigenvalue weighted by molar-refractivity contribution is -0.116. The van der Waals surface area contributed by atoms with Gasteiger partial charge in [-0.05, 0) is 36.4 Å². The van der Waals surface area contributed by atoms with Crippen LogP contribution in [0, 0.1) is 0 Å². The van der Waals surface area contributed by atoms with E-state index >= 15 is 0 Å². The maximum Gasteiger partial charge on any atom is 0.335 e. The van der Waals surface area contributed by atoms with Gasteiger partial charge >= 0.3 is 5.97 Å². The second-order valence-corrected chi connectivity index (χ2v) is 5.50. The first kappa shape index (κ1) is 13.6. The molecule has 1 unspecified atom stereocenters. The van der Waals surface area contributed by atoms with Crippen molar-refractivity contribution in [2.24, 2.45) is 0 Å². The van der Waals surface area contributed by atoms with Crippen LogP contribution >= 0.6 is 15.9 Å². The first-order valence-electron chi connectivity index (χ1n) is 6.25. The number of nitrogens with one attached hydrogen (secondary N) is 2. The van der Waals surface area contributed by atoms with Crippen molar-refractivity contribution in [3.8, 4) is 0 Å². The summed E-state index contributed by atoms with van der Waals surface area (Å²) in [5.74, 6) is -1.12. The molecule has 2 aromatic carbocycles. The molecule has 3 N–H and O–H groups in total. The average molecular weight is 347 g/mol. The second kappa shape index (κ2) is 5.21. The minimum atomic E-state index is -0.978. The molecule has 1 aliphatic heterocycles. The fourth-order valence-electron chi connectivity index (χ4n) is 2.29. The standard InChI is InChI=1S/C15H11BrN2O3/c16-10-2-1-3-11-12(10)13(14(19)18-11)17-9-6-4-8(5-7-9)15(20)21/h1-7,13,17H,(H,18,19)(H,20,21). The van der Waals surface area contributed by atoms with E-state index in [-0.39, 0.29) is 11.5 Å². The molecule has 0 bridgehead atoms. The molecule has 1 atom stereocenters. The summed E-state index contributed by atoms with van der Waals surface area (Å²) >= 11 is 3.45. The maximum atomic E-state index is 12.1. The molecule has 0 aliphatic carbocycles. The van der Waals surface area contributed by atoms with Crippen LogP contribution < -0.4 is 10.6 Å². The third kappa shape index (κ3) is 2.50. The van der Waals surface area contributed by atoms with Gasteiger partial charge in [0, 0.05) is 21.4 Å². The number of carboxylic acid groups (broad SMARTS) is 1. The molecule has 0 spiro atoms. The zero-order valence-corrected chi connectivity index (χ0v) is 12.3. The van der Waals surface area contributed by atoms with Gasteiger partial charge < -0.3 is 15.7 Å². The van der Waals surface area contributed by atoms with Gasteiger partial charge in [0.2, 0.25) is 0 Å². The highest BCUT2D eigenvalue weighted by molar-refractivity contribution is 9.10. The van der Waals surface area contributed by atoms with E-state index in [1.54, 1.807) is 12.1 Å². The van der Waals surface area contributed by atoms with Crippen LogP contribution in [0.1, 0.15) is 22.0 Å². The first-order chi connectivity index (χ1) is 10.1. The first-order valence-corrected chi connectivity index (χ1v) is 7.05. The fraction of sp³-hybridized carbons (Fsp3) is 0.0667. The number of amides is 1. The molecule has 0 radical (unpaired) electrons. The molecule has 21 heavy (non-hydrogen) atoms. The summed E-state index contributed by atoms with van der Waals surface area (Å²) in [4.78, 5) is 22.9. The fourth-order valence-corrected chi connectivity index (χ4v) is 2.88. The van der Waals surface area contributed by atoms with Crippen molar-refractivity contribution in [1.82, 2.24) is 0 Å². The predicted molar refractivity (Wildman–Crippen MR) is 82.5 cm³/mol. The molecule has 2 aromatic rings. The van der Waals surface area contributed by atoms with E-state index in [9.17, 15) is 9.59 Å². The summed E-state index contributed by atoms with van der Waals surface area (Å²) in [5.41, 5.74) is 2.51. The van der Waals surface area contributed by atoms with Gasteiger partial charge in [0.1, 0.15) is 6.04 Å². The van der Waals surface area contributed by atoms with Crippen LogP contribution in [0.2, 0.25) is 0 Å². The molecule has 0 fully saturated rings. The van der Waals surface area contributed by atoms with E-state index in [1.807, 2.05) is 18.2 Å². The van der Waals surface area contributed by atoms with Gasteiger partial charge in [-0.3, -0.25) is 4.79 Å². The van der Waals surface area contributed by atoms with Crippen LogP contribution in [0.4, 0.5) is 11.4 Å². The second-order valence-electron chi connectivity index (χ2n) is 4.65. The quantitative estimate of drug-likeness (QED) is 0.796. The highest BCUT2D eigenvalue weighted by atomic mass is 79.9. The van der Waals surface area contributed by atoms with E-state index in [0.717, 1.165) is 15.7 Å². The van der Waals surface area contributed by atoms with Crippen molar-refractivity contribution in [3.05, 3.63) is 58.1 Å². The third-order valence-electron chi connectivity index (χ3n) is 3.30. The zero-order chi connectivity index (χ0) is 15.0. The summed E-state index contributed by atoms with van der Waals surface area (Å²) in [6, 6.07) is 11.3. The Kier molecular flexibility index (Phi) is 3.39. The van der Waals surface area contributed by atoms with Crippen molar-refractivity contribution >= 4 is 39.2 Å². The predicted octanol–water partition coefficient (Wildman–Crippen LogP) is 3.25. The van der Waals surface area contributed by atoms with Crippen molar-refractivity contribution in [3.63, 3.8) is 0 Å². The Hall–Kier alpha value is -2.34. The lowest BCUT2D eigenvalue weighted by Gasteiger charge is -2.14. The molecule has 1 amide bonds. The molecule has 0 aromatic heterocycles. The van der Waals surface area contributed by atoms with Crippen LogP contribution in [0.15, 0.2) is 46.9 Å². The van der Waals surface area contributed by atoms with Gasteiger partial charge in [-0.2, -0.15) is 0 Å². The van der Waals surface area contributed by atoms with Crippen LogP contribution in [-0.4, -0.2) is 17.0 Å². The molecular formula is C15H11BrN2O3. The van der Waals surface area contributed by atoms with Gasteiger partial charge in [-0.25, -0.2) is 4.79 Å². The number of aromatic carboxylic acids is 1. The van der Waals surface area contributed by atoms with Crippen molar-refractivity contribution in [1.29, 1.82) is 0 Å². The van der Waals surface area contributed by atoms with Gasteiger partial charge in [0.05, 0.1) is 5.56 Å². The van der Waals surface area contributed by atoms with E-state index in [1.165, 1.54) is 12.1 Å². The van der Waals surface area contributed by atoms with Crippen molar-refractivity contribution < 1.29 is 14.7 Å². The molecule has 1 aliphatic rings. The third-order valence-corrected chi connectivity index (χ3v) is 4.00. The summed E-state index contributed by atoms with van der Waals surface area (Å²) in [6.07, 6.45) is 0. The molecule has 6 heteroatoms. The SMILES string of the molecule is O=C(O)c1ccc(NC2C(=O)Nc3cccc(Br)c32)cc1. The lowest BCUT2D eigenvalue weighted by atomic mass is 10.1. The van der Waals surface area contributed by atoms with Crippen LogP contribution in [-0.2, 0) is 4.79 Å². The van der Waals surface area contributed by atoms with Crippen LogP contribution in [0.3, 0.4) is 0 Å². The Balaban J connectivity index is 1.89. The number of rotatable bonds is 3. The minimum Gasteiger partial charge on any atom is -0.478 e. The Bertz CT molecular complexity index is 728. The highest BCUT2D eigenvalue weighted by Gasteiger charge is 2.32. The number of hydrogen-bond donors (Lipinski definition) is 3. The number of halogens is 1. The van der Waals surface area contributed by atoms with Crippen molar-refractivity contribution in [2.75, 3.05) is 10.6 Å². The van der Waals surface area contributed by atoms with Crippen LogP contribution in [0.5, 0.6) is 0 Å². The van der Waals surface area contributed by atoms with E-state index in [2.05, 4.69) is 26.6 Å². The minimum absolute atomic E-state index is 0.140. The number of carbonyl (C=O) groups is 2. The number of benzene rings is 2. The van der Waals surface area contributed by atoms with Crippen molar-refractivity contribution in [2.45, 2.75) is 6.04 Å². The summed E-state index contributed by atoms with van der Waals surface area (Å²) in [7, 11) is 0. The van der Waals surface area contributed by atoms with Gasteiger partial charge in [-0.15, -0.1) is 0 Å². The van der Waals surface area contributed by atoms with Gasteiger partial charge in [-0.1, -0.05) is 22.0 Å². The lowest BCUT2D eigenvalue weighted by Crippen LogP contribution is -2.19. The number of anilines is 2. The van der Waals surface area contributed by atoms with E-state index < -0.39 is 12.0 Å². The zero-order valence-electron chi connectivity index (χ0n) is 10.8. The number of carbonyl (C=O) groups excluding carboxylic acids is 1. The molecule has 0 saturated heterocycles. The Labute approximate surface area is 129 Å². The van der Waals surface area contributed by atoms with Gasteiger partial charge in [0.25, 0.3) is 5.91 Å². The summed E-state index contributed by atoms with van der Waals surface area (Å²) in [5, 5.41) is 14.8. The average Bonchev–Trinajstić information content (AvgIpc) is 2.77. The Morgan fingerprint density at radius 2 is 1.90 bits per heavy atom. The summed E-state index contributed by atoms with van der Waals surface area (Å²) in [6.45, 7) is 0. The van der Waals surface area contributed by atoms with Gasteiger partial charge in [0.15, 0.2) is 0 Å². The molecule has 0 saturated carbocycles. The largest absolute Gasteiger partial charge is 0.478 e. The summed E-state index contributed by atoms with van der Waals surface area (Å²) < 4.78 is 0.845.